The molecule has 4 N–H and O–H groups in total. The fourth-order valence-electron chi connectivity index (χ4n) is 2.12. The predicted octanol–water partition coefficient (Wildman–Crippen LogP) is 2.09. The SMILES string of the molecule is CC(=O)Oc1ccc2nc(C)oc(=O)c2c1.Nc1ccc(O)cc1C(=O)O. The molecule has 0 aliphatic rings. The molecule has 0 spiro atoms. The minimum absolute atomic E-state index is 0.0787. The van der Waals surface area contributed by atoms with Crippen LogP contribution in [0.25, 0.3) is 10.9 Å². The number of nitrogens with zero attached hydrogens (tertiary/aromatic N) is 1. The van der Waals surface area contributed by atoms with Gasteiger partial charge in [0.05, 0.1) is 16.5 Å². The Kier molecular flexibility index (Phi) is 5.76. The van der Waals surface area contributed by atoms with Crippen molar-refractivity contribution < 1.29 is 29.0 Å². The van der Waals surface area contributed by atoms with Crippen molar-refractivity contribution in [1.29, 1.82) is 0 Å². The van der Waals surface area contributed by atoms with Crippen LogP contribution < -0.4 is 16.1 Å². The van der Waals surface area contributed by atoms with Gasteiger partial charge < -0.3 is 25.1 Å². The first kappa shape index (κ1) is 19.4. The monoisotopic (exact) mass is 372 g/mol. The maximum atomic E-state index is 11.5. The number of carboxylic acid groups (broad SMARTS) is 1. The summed E-state index contributed by atoms with van der Waals surface area (Å²) in [6.07, 6.45) is 0. The average Bonchev–Trinajstić information content (AvgIpc) is 2.57. The highest BCUT2D eigenvalue weighted by atomic mass is 16.5. The van der Waals surface area contributed by atoms with Crippen molar-refractivity contribution in [1.82, 2.24) is 4.98 Å². The first-order valence-corrected chi connectivity index (χ1v) is 7.59. The van der Waals surface area contributed by atoms with Crippen LogP contribution in [0, 0.1) is 6.92 Å². The van der Waals surface area contributed by atoms with E-state index in [0.29, 0.717) is 22.5 Å². The molecule has 27 heavy (non-hydrogen) atoms. The number of esters is 1. The van der Waals surface area contributed by atoms with Gasteiger partial charge in [0.25, 0.3) is 0 Å². The highest BCUT2D eigenvalue weighted by molar-refractivity contribution is 5.94. The van der Waals surface area contributed by atoms with E-state index in [1.807, 2.05) is 0 Å². The second-order valence-corrected chi connectivity index (χ2v) is 5.37. The molecule has 9 nitrogen and oxygen atoms in total. The van der Waals surface area contributed by atoms with Gasteiger partial charge in [0.2, 0.25) is 0 Å². The Bertz CT molecular complexity index is 1070. The van der Waals surface area contributed by atoms with Gasteiger partial charge >= 0.3 is 17.6 Å². The van der Waals surface area contributed by atoms with Gasteiger partial charge in [-0.2, -0.15) is 0 Å². The van der Waals surface area contributed by atoms with Crippen molar-refractivity contribution in [3.63, 3.8) is 0 Å². The fraction of sp³-hybridized carbons (Fsp3) is 0.111. The third-order valence-corrected chi connectivity index (χ3v) is 3.24. The lowest BCUT2D eigenvalue weighted by Gasteiger charge is -2.02. The number of carboxylic acids is 1. The molecular weight excluding hydrogens is 356 g/mol. The van der Waals surface area contributed by atoms with Crippen molar-refractivity contribution in [2.45, 2.75) is 13.8 Å². The standard InChI is InChI=1S/C11H9NO4.C7H7NO3/c1-6-12-10-4-3-8(16-7(2)13)5-9(10)11(14)15-6;8-6-2-1-4(9)3-5(6)7(10)11/h3-5H,1-2H3;1-3,9H,8H2,(H,10,11). The molecule has 140 valence electrons. The number of aryl methyl sites for hydroxylation is 1. The Hall–Kier alpha value is -3.88. The van der Waals surface area contributed by atoms with Crippen LogP contribution in [0.5, 0.6) is 11.5 Å². The van der Waals surface area contributed by atoms with Gasteiger partial charge in [0.1, 0.15) is 11.5 Å². The predicted molar refractivity (Wildman–Crippen MR) is 95.8 cm³/mol. The van der Waals surface area contributed by atoms with Crippen LogP contribution in [-0.4, -0.2) is 27.1 Å². The van der Waals surface area contributed by atoms with Crippen LogP contribution in [0.2, 0.25) is 0 Å². The lowest BCUT2D eigenvalue weighted by Crippen LogP contribution is -2.05. The van der Waals surface area contributed by atoms with Gasteiger partial charge in [-0.15, -0.1) is 0 Å². The summed E-state index contributed by atoms with van der Waals surface area (Å²) < 4.78 is 9.70. The van der Waals surface area contributed by atoms with Crippen molar-refractivity contribution in [3.05, 3.63) is 58.3 Å². The Balaban J connectivity index is 0.000000208. The van der Waals surface area contributed by atoms with E-state index < -0.39 is 17.6 Å². The number of aromatic nitrogens is 1. The second-order valence-electron chi connectivity index (χ2n) is 5.37. The summed E-state index contributed by atoms with van der Waals surface area (Å²) in [5.41, 5.74) is 5.40. The second kappa shape index (κ2) is 8.00. The molecule has 1 heterocycles. The molecule has 2 aromatic carbocycles. The molecule has 0 amide bonds. The van der Waals surface area contributed by atoms with E-state index in [0.717, 1.165) is 6.07 Å². The summed E-state index contributed by atoms with van der Waals surface area (Å²) in [6.45, 7) is 2.89. The molecule has 0 unspecified atom stereocenters. The fourth-order valence-corrected chi connectivity index (χ4v) is 2.12. The molecule has 3 aromatic rings. The minimum atomic E-state index is -1.14. The molecule has 3 rings (SSSR count). The van der Waals surface area contributed by atoms with Crippen molar-refractivity contribution in [2.75, 3.05) is 5.73 Å². The van der Waals surface area contributed by atoms with E-state index in [-0.39, 0.29) is 17.0 Å². The molecule has 0 fully saturated rings. The highest BCUT2D eigenvalue weighted by Crippen LogP contribution is 2.18. The van der Waals surface area contributed by atoms with Gasteiger partial charge in [-0.3, -0.25) is 4.79 Å². The van der Waals surface area contributed by atoms with Crippen molar-refractivity contribution >= 4 is 28.5 Å². The summed E-state index contributed by atoms with van der Waals surface area (Å²) in [5.74, 6) is -1.07. The quantitative estimate of drug-likeness (QED) is 0.265. The third kappa shape index (κ3) is 5.05. The Morgan fingerprint density at radius 3 is 2.48 bits per heavy atom. The highest BCUT2D eigenvalue weighted by Gasteiger charge is 2.07. The molecule has 9 heteroatoms. The number of rotatable bonds is 2. The molecule has 0 aliphatic heterocycles. The first-order chi connectivity index (χ1) is 12.7. The summed E-state index contributed by atoms with van der Waals surface area (Å²) in [7, 11) is 0. The number of carbonyl (C=O) groups is 2. The third-order valence-electron chi connectivity index (χ3n) is 3.24. The number of phenols is 1. The molecule has 0 saturated carbocycles. The lowest BCUT2D eigenvalue weighted by molar-refractivity contribution is -0.131. The Morgan fingerprint density at radius 2 is 1.89 bits per heavy atom. The number of anilines is 1. The lowest BCUT2D eigenvalue weighted by atomic mass is 10.2. The Morgan fingerprint density at radius 1 is 1.19 bits per heavy atom. The maximum absolute atomic E-state index is 11.5. The molecule has 0 radical (unpaired) electrons. The molecule has 0 aliphatic carbocycles. The number of hydrogen-bond acceptors (Lipinski definition) is 8. The van der Waals surface area contributed by atoms with Crippen LogP contribution in [-0.2, 0) is 4.79 Å². The molecule has 1 aromatic heterocycles. The number of benzene rings is 2. The van der Waals surface area contributed by atoms with E-state index in [2.05, 4.69) is 4.98 Å². The van der Waals surface area contributed by atoms with Gasteiger partial charge in [0.15, 0.2) is 5.89 Å². The Labute approximate surface area is 152 Å². The molecule has 0 saturated heterocycles. The zero-order chi connectivity index (χ0) is 20.1. The number of aromatic hydroxyl groups is 1. The van der Waals surface area contributed by atoms with E-state index in [9.17, 15) is 14.4 Å². The van der Waals surface area contributed by atoms with E-state index in [1.54, 1.807) is 19.1 Å². The van der Waals surface area contributed by atoms with Gasteiger partial charge in [-0.1, -0.05) is 0 Å². The van der Waals surface area contributed by atoms with E-state index in [4.69, 9.17) is 25.1 Å². The minimum Gasteiger partial charge on any atom is -0.508 e. The summed E-state index contributed by atoms with van der Waals surface area (Å²) in [6, 6.07) is 8.42. The summed E-state index contributed by atoms with van der Waals surface area (Å²) in [5, 5.41) is 17.7. The van der Waals surface area contributed by atoms with Crippen LogP contribution in [0.4, 0.5) is 5.69 Å². The van der Waals surface area contributed by atoms with Gasteiger partial charge in [0, 0.05) is 19.5 Å². The van der Waals surface area contributed by atoms with Gasteiger partial charge in [-0.25, -0.2) is 14.6 Å². The molecule has 0 atom stereocenters. The zero-order valence-electron chi connectivity index (χ0n) is 14.4. The number of hydrogen-bond donors (Lipinski definition) is 3. The van der Waals surface area contributed by atoms with Crippen LogP contribution >= 0.6 is 0 Å². The largest absolute Gasteiger partial charge is 0.508 e. The first-order valence-electron chi connectivity index (χ1n) is 7.59. The maximum Gasteiger partial charge on any atom is 0.346 e. The van der Waals surface area contributed by atoms with E-state index >= 15 is 0 Å². The van der Waals surface area contributed by atoms with Crippen LogP contribution in [0.3, 0.4) is 0 Å². The smallest absolute Gasteiger partial charge is 0.346 e. The number of phenolic OH excluding ortho intramolecular Hbond substituents is 1. The zero-order valence-corrected chi connectivity index (χ0v) is 14.4. The number of nitrogens with two attached hydrogens (primary N) is 1. The van der Waals surface area contributed by atoms with E-state index in [1.165, 1.54) is 25.1 Å². The van der Waals surface area contributed by atoms with Crippen LogP contribution in [0.15, 0.2) is 45.6 Å². The molecular formula is C18H16N2O7. The van der Waals surface area contributed by atoms with Crippen molar-refractivity contribution in [2.24, 2.45) is 0 Å². The van der Waals surface area contributed by atoms with Crippen LogP contribution in [0.1, 0.15) is 23.2 Å². The molecule has 0 bridgehead atoms. The number of fused-ring (bicyclic) bond motifs is 1. The number of aromatic carboxylic acids is 1. The van der Waals surface area contributed by atoms with Gasteiger partial charge in [-0.05, 0) is 36.4 Å². The number of carbonyl (C=O) groups excluding carboxylic acids is 1. The summed E-state index contributed by atoms with van der Waals surface area (Å²) in [4.78, 5) is 36.7. The number of nitrogen functional groups attached to an aromatic ring is 1. The average molecular weight is 372 g/mol. The topological polar surface area (TPSA) is 153 Å². The summed E-state index contributed by atoms with van der Waals surface area (Å²) >= 11 is 0. The van der Waals surface area contributed by atoms with Crippen molar-refractivity contribution in [3.8, 4) is 11.5 Å². The normalized spacial score (nSPS) is 10.0. The number of ether oxygens (including phenoxy) is 1.